The fourth-order valence-electron chi connectivity index (χ4n) is 2.22. The number of aliphatic carboxylic acids is 1. The van der Waals surface area contributed by atoms with E-state index < -0.39 is 17.9 Å². The number of hydrogen-bond donors (Lipinski definition) is 3. The maximum Gasteiger partial charge on any atom is 0.327 e. The first kappa shape index (κ1) is 17.8. The highest BCUT2D eigenvalue weighted by atomic mass is 32.1. The van der Waals surface area contributed by atoms with Gasteiger partial charge in [0.15, 0.2) is 0 Å². The fraction of sp³-hybridized carbons (Fsp3) is 0.769. The lowest BCUT2D eigenvalue weighted by Crippen LogP contribution is -2.45. The summed E-state index contributed by atoms with van der Waals surface area (Å²) < 4.78 is 0. The van der Waals surface area contributed by atoms with Crippen LogP contribution < -0.4 is 5.32 Å². The summed E-state index contributed by atoms with van der Waals surface area (Å²) >= 11 is 3.90. The third kappa shape index (κ3) is 5.55. The fourth-order valence-corrected chi connectivity index (χ4v) is 2.46. The van der Waals surface area contributed by atoms with Crippen LogP contribution in [0.1, 0.15) is 12.8 Å². The summed E-state index contributed by atoms with van der Waals surface area (Å²) in [6.45, 7) is 1.86. The van der Waals surface area contributed by atoms with Gasteiger partial charge in [0.05, 0.1) is 5.92 Å². The van der Waals surface area contributed by atoms with Crippen LogP contribution >= 0.6 is 12.6 Å². The summed E-state index contributed by atoms with van der Waals surface area (Å²) in [7, 11) is 3.93. The Labute approximate surface area is 130 Å². The van der Waals surface area contributed by atoms with E-state index in [1.54, 1.807) is 4.90 Å². The van der Waals surface area contributed by atoms with Crippen LogP contribution in [0.2, 0.25) is 0 Å². The van der Waals surface area contributed by atoms with E-state index in [0.717, 1.165) is 13.0 Å². The SMILES string of the molecule is CN(C)CCCN1CC(C(=O)NC(CS)C(=O)O)CC1=O. The van der Waals surface area contributed by atoms with Crippen molar-refractivity contribution < 1.29 is 19.5 Å². The number of carbonyl (C=O) groups is 3. The molecule has 8 heteroatoms. The lowest BCUT2D eigenvalue weighted by atomic mass is 10.1. The quantitative estimate of drug-likeness (QED) is 0.514. The summed E-state index contributed by atoms with van der Waals surface area (Å²) in [5.41, 5.74) is 0. The standard InChI is InChI=1S/C13H23N3O4S/c1-15(2)4-3-5-16-7-9(6-11(16)17)12(18)14-10(8-21)13(19)20/h9-10,21H,3-8H2,1-2H3,(H,14,18)(H,19,20). The van der Waals surface area contributed by atoms with E-state index in [1.807, 2.05) is 19.0 Å². The first-order valence-electron chi connectivity index (χ1n) is 6.91. The van der Waals surface area contributed by atoms with Crippen molar-refractivity contribution in [2.45, 2.75) is 18.9 Å². The molecule has 0 radical (unpaired) electrons. The minimum atomic E-state index is -1.12. The van der Waals surface area contributed by atoms with Crippen LogP contribution in [0.15, 0.2) is 0 Å². The number of carbonyl (C=O) groups excluding carboxylic acids is 2. The number of hydrogen-bond acceptors (Lipinski definition) is 5. The Hall–Kier alpha value is -1.28. The molecule has 1 aliphatic heterocycles. The zero-order valence-corrected chi connectivity index (χ0v) is 13.3. The van der Waals surface area contributed by atoms with Gasteiger partial charge in [-0.15, -0.1) is 0 Å². The number of carboxylic acids is 1. The number of nitrogens with one attached hydrogen (secondary N) is 1. The zero-order chi connectivity index (χ0) is 16.0. The number of nitrogens with zero attached hydrogens (tertiary/aromatic N) is 2. The predicted octanol–water partition coefficient (Wildman–Crippen LogP) is -0.714. The van der Waals surface area contributed by atoms with Crippen molar-refractivity contribution in [3.63, 3.8) is 0 Å². The summed E-state index contributed by atoms with van der Waals surface area (Å²) in [5, 5.41) is 11.3. The molecule has 1 saturated heterocycles. The molecule has 0 aromatic rings. The topological polar surface area (TPSA) is 89.9 Å². The van der Waals surface area contributed by atoms with Crippen LogP contribution in [0.5, 0.6) is 0 Å². The van der Waals surface area contributed by atoms with E-state index in [9.17, 15) is 14.4 Å². The van der Waals surface area contributed by atoms with E-state index in [1.165, 1.54) is 0 Å². The van der Waals surface area contributed by atoms with Crippen molar-refractivity contribution in [3.8, 4) is 0 Å². The van der Waals surface area contributed by atoms with Crippen molar-refractivity contribution >= 4 is 30.4 Å². The van der Waals surface area contributed by atoms with E-state index in [2.05, 4.69) is 17.9 Å². The maximum absolute atomic E-state index is 12.0. The predicted molar refractivity (Wildman–Crippen MR) is 81.3 cm³/mol. The van der Waals surface area contributed by atoms with Crippen LogP contribution in [0.25, 0.3) is 0 Å². The highest BCUT2D eigenvalue weighted by Crippen LogP contribution is 2.18. The van der Waals surface area contributed by atoms with Gasteiger partial charge in [-0.05, 0) is 27.1 Å². The highest BCUT2D eigenvalue weighted by molar-refractivity contribution is 7.80. The summed E-state index contributed by atoms with van der Waals surface area (Å²) in [5.74, 6) is -2.01. The molecule has 21 heavy (non-hydrogen) atoms. The second kappa shape index (κ2) is 8.23. The van der Waals surface area contributed by atoms with Crippen LogP contribution in [0.4, 0.5) is 0 Å². The van der Waals surface area contributed by atoms with Gasteiger partial charge in [0.1, 0.15) is 6.04 Å². The number of carboxylic acid groups (broad SMARTS) is 1. The minimum absolute atomic E-state index is 0.0221. The summed E-state index contributed by atoms with van der Waals surface area (Å²) in [6, 6.07) is -1.02. The van der Waals surface area contributed by atoms with Crippen molar-refractivity contribution in [3.05, 3.63) is 0 Å². The highest BCUT2D eigenvalue weighted by Gasteiger charge is 2.35. The number of thiol groups is 1. The largest absolute Gasteiger partial charge is 0.480 e. The van der Waals surface area contributed by atoms with Gasteiger partial charge in [-0.2, -0.15) is 12.6 Å². The molecule has 7 nitrogen and oxygen atoms in total. The van der Waals surface area contributed by atoms with Crippen LogP contribution in [-0.2, 0) is 14.4 Å². The Morgan fingerprint density at radius 2 is 2.19 bits per heavy atom. The average molecular weight is 317 g/mol. The summed E-state index contributed by atoms with van der Waals surface area (Å²) in [4.78, 5) is 38.4. The van der Waals surface area contributed by atoms with Crippen LogP contribution in [-0.4, -0.2) is 78.2 Å². The molecule has 1 fully saturated rings. The van der Waals surface area contributed by atoms with Gasteiger partial charge in [0, 0.05) is 25.3 Å². The normalized spacial score (nSPS) is 19.9. The molecule has 0 aromatic heterocycles. The first-order chi connectivity index (χ1) is 9.85. The van der Waals surface area contributed by atoms with Gasteiger partial charge in [-0.3, -0.25) is 9.59 Å². The van der Waals surface area contributed by atoms with E-state index >= 15 is 0 Å². The number of rotatable bonds is 8. The summed E-state index contributed by atoms with van der Waals surface area (Å²) in [6.07, 6.45) is 0.994. The Bertz CT molecular complexity index is 403. The van der Waals surface area contributed by atoms with Crippen LogP contribution in [0, 0.1) is 5.92 Å². The Balaban J connectivity index is 2.45. The molecule has 1 rings (SSSR count). The molecular weight excluding hydrogens is 294 g/mol. The molecule has 0 aliphatic carbocycles. The van der Waals surface area contributed by atoms with Crippen LogP contribution in [0.3, 0.4) is 0 Å². The Kier molecular flexibility index (Phi) is 6.97. The van der Waals surface area contributed by atoms with Crippen molar-refractivity contribution in [2.75, 3.05) is 39.5 Å². The molecule has 0 saturated carbocycles. The monoisotopic (exact) mass is 317 g/mol. The molecule has 0 aromatic carbocycles. The lowest BCUT2D eigenvalue weighted by Gasteiger charge is -2.18. The molecule has 2 amide bonds. The molecule has 2 unspecified atom stereocenters. The lowest BCUT2D eigenvalue weighted by molar-refractivity contribution is -0.141. The number of amides is 2. The van der Waals surface area contributed by atoms with E-state index in [0.29, 0.717) is 13.1 Å². The molecule has 2 atom stereocenters. The Morgan fingerprint density at radius 3 is 2.71 bits per heavy atom. The zero-order valence-electron chi connectivity index (χ0n) is 12.4. The molecular formula is C13H23N3O4S. The van der Waals surface area contributed by atoms with Gasteiger partial charge in [-0.25, -0.2) is 4.79 Å². The molecule has 0 spiro atoms. The smallest absolute Gasteiger partial charge is 0.327 e. The molecule has 1 heterocycles. The second-order valence-corrected chi connectivity index (χ2v) is 5.84. The van der Waals surface area contributed by atoms with Gasteiger partial charge < -0.3 is 20.2 Å². The second-order valence-electron chi connectivity index (χ2n) is 5.48. The molecule has 2 N–H and O–H groups in total. The van der Waals surface area contributed by atoms with Gasteiger partial charge >= 0.3 is 5.97 Å². The van der Waals surface area contributed by atoms with Gasteiger partial charge in [0.2, 0.25) is 11.8 Å². The maximum atomic E-state index is 12.0. The molecule has 1 aliphatic rings. The average Bonchev–Trinajstić information content (AvgIpc) is 2.76. The van der Waals surface area contributed by atoms with Crippen molar-refractivity contribution in [2.24, 2.45) is 5.92 Å². The minimum Gasteiger partial charge on any atom is -0.480 e. The number of likely N-dealkylation sites (tertiary alicyclic amines) is 1. The Morgan fingerprint density at radius 1 is 1.52 bits per heavy atom. The van der Waals surface area contributed by atoms with E-state index in [-0.39, 0.29) is 24.0 Å². The first-order valence-corrected chi connectivity index (χ1v) is 7.55. The van der Waals surface area contributed by atoms with Gasteiger partial charge in [-0.1, -0.05) is 0 Å². The van der Waals surface area contributed by atoms with E-state index in [4.69, 9.17) is 5.11 Å². The van der Waals surface area contributed by atoms with Crippen molar-refractivity contribution in [1.29, 1.82) is 0 Å². The third-order valence-electron chi connectivity index (χ3n) is 3.42. The van der Waals surface area contributed by atoms with Gasteiger partial charge in [0.25, 0.3) is 0 Å². The molecule has 0 bridgehead atoms. The van der Waals surface area contributed by atoms with Crippen molar-refractivity contribution in [1.82, 2.24) is 15.1 Å². The molecule has 120 valence electrons. The third-order valence-corrected chi connectivity index (χ3v) is 3.78.